The molecule has 1 N–H and O–H groups in total. The predicted octanol–water partition coefficient (Wildman–Crippen LogP) is 4.61. The van der Waals surface area contributed by atoms with Gasteiger partial charge in [-0.25, -0.2) is 14.5 Å². The van der Waals surface area contributed by atoms with Crippen LogP contribution < -0.4 is 4.90 Å². The summed E-state index contributed by atoms with van der Waals surface area (Å²) in [5.41, 5.74) is 6.36. The van der Waals surface area contributed by atoms with Crippen LogP contribution in [0.4, 0.5) is 5.82 Å². The van der Waals surface area contributed by atoms with E-state index in [-0.39, 0.29) is 0 Å². The Morgan fingerprint density at radius 1 is 1.06 bits per heavy atom. The number of pyridine rings is 1. The molecule has 32 heavy (non-hydrogen) atoms. The molecular formula is C25H25N7. The Kier molecular flexibility index (Phi) is 4.60. The summed E-state index contributed by atoms with van der Waals surface area (Å²) in [4.78, 5) is 19.6. The van der Waals surface area contributed by atoms with Gasteiger partial charge in [0.15, 0.2) is 5.65 Å². The highest BCUT2D eigenvalue weighted by Crippen LogP contribution is 2.31. The minimum atomic E-state index is 0.539. The second-order valence-electron chi connectivity index (χ2n) is 8.44. The molecule has 1 fully saturated rings. The molecule has 6 rings (SSSR count). The van der Waals surface area contributed by atoms with Crippen molar-refractivity contribution in [3.05, 3.63) is 72.7 Å². The average Bonchev–Trinajstić information content (AvgIpc) is 3.54. The smallest absolute Gasteiger partial charge is 0.165 e. The number of piperidine rings is 1. The largest absolute Gasteiger partial charge is 0.356 e. The van der Waals surface area contributed by atoms with Crippen LogP contribution in [-0.2, 0) is 6.42 Å². The Morgan fingerprint density at radius 3 is 2.75 bits per heavy atom. The van der Waals surface area contributed by atoms with Gasteiger partial charge in [0.2, 0.25) is 0 Å². The lowest BCUT2D eigenvalue weighted by Gasteiger charge is -2.32. The zero-order valence-corrected chi connectivity index (χ0v) is 18.1. The van der Waals surface area contributed by atoms with Crippen molar-refractivity contribution in [3.8, 4) is 11.1 Å². The van der Waals surface area contributed by atoms with Crippen molar-refractivity contribution in [2.24, 2.45) is 0 Å². The van der Waals surface area contributed by atoms with Gasteiger partial charge >= 0.3 is 0 Å². The fourth-order valence-corrected chi connectivity index (χ4v) is 4.76. The summed E-state index contributed by atoms with van der Waals surface area (Å²) in [5.74, 6) is 1.57. The lowest BCUT2D eigenvalue weighted by atomic mass is 9.94. The average molecular weight is 424 g/mol. The summed E-state index contributed by atoms with van der Waals surface area (Å²) < 4.78 is 1.98. The number of H-pyrrole nitrogens is 1. The summed E-state index contributed by atoms with van der Waals surface area (Å²) in [5, 5.41) is 5.80. The van der Waals surface area contributed by atoms with Crippen LogP contribution in [0.2, 0.25) is 0 Å². The molecule has 0 unspecified atom stereocenters. The zero-order chi connectivity index (χ0) is 21.5. The van der Waals surface area contributed by atoms with E-state index in [1.807, 2.05) is 41.3 Å². The highest BCUT2D eigenvalue weighted by molar-refractivity contribution is 5.86. The number of benzene rings is 1. The summed E-state index contributed by atoms with van der Waals surface area (Å²) in [7, 11) is 0. The van der Waals surface area contributed by atoms with E-state index in [9.17, 15) is 0 Å². The Labute approximate surface area is 186 Å². The summed E-state index contributed by atoms with van der Waals surface area (Å²) in [6, 6.07) is 12.6. The molecule has 0 saturated carbocycles. The molecule has 5 aromatic rings. The van der Waals surface area contributed by atoms with Gasteiger partial charge in [0, 0.05) is 65.4 Å². The fraction of sp³-hybridized carbons (Fsp3) is 0.280. The molecular weight excluding hydrogens is 398 g/mol. The second kappa shape index (κ2) is 7.75. The number of rotatable bonds is 4. The van der Waals surface area contributed by atoms with Gasteiger partial charge in [0.1, 0.15) is 5.82 Å². The number of hydrogen-bond donors (Lipinski definition) is 1. The zero-order valence-electron chi connectivity index (χ0n) is 18.1. The third-order valence-corrected chi connectivity index (χ3v) is 6.57. The third kappa shape index (κ3) is 3.21. The van der Waals surface area contributed by atoms with Gasteiger partial charge in [0.25, 0.3) is 0 Å². The molecule has 0 bridgehead atoms. The molecule has 0 atom stereocenters. The number of nitrogens with zero attached hydrogens (tertiary/aromatic N) is 6. The summed E-state index contributed by atoms with van der Waals surface area (Å²) >= 11 is 0. The van der Waals surface area contributed by atoms with E-state index >= 15 is 0 Å². The van der Waals surface area contributed by atoms with E-state index < -0.39 is 0 Å². The maximum Gasteiger partial charge on any atom is 0.165 e. The van der Waals surface area contributed by atoms with Crippen LogP contribution in [0.1, 0.15) is 37.1 Å². The molecule has 0 radical (unpaired) electrons. The van der Waals surface area contributed by atoms with Crippen LogP contribution in [-0.4, -0.2) is 42.6 Å². The van der Waals surface area contributed by atoms with Crippen molar-refractivity contribution in [2.75, 3.05) is 18.0 Å². The van der Waals surface area contributed by atoms with Crippen molar-refractivity contribution >= 4 is 22.4 Å². The quantitative estimate of drug-likeness (QED) is 0.457. The van der Waals surface area contributed by atoms with Crippen LogP contribution in [0.15, 0.2) is 61.3 Å². The van der Waals surface area contributed by atoms with E-state index in [0.717, 1.165) is 65.8 Å². The van der Waals surface area contributed by atoms with Gasteiger partial charge in [-0.15, -0.1) is 0 Å². The van der Waals surface area contributed by atoms with E-state index in [2.05, 4.69) is 50.1 Å². The number of hydrogen-bond acceptors (Lipinski definition) is 5. The molecule has 7 heteroatoms. The number of nitrogens with one attached hydrogen (secondary N) is 1. The van der Waals surface area contributed by atoms with Crippen molar-refractivity contribution < 1.29 is 0 Å². The Morgan fingerprint density at radius 2 is 1.94 bits per heavy atom. The Hall–Kier alpha value is -3.74. The molecule has 0 amide bonds. The van der Waals surface area contributed by atoms with E-state index in [0.29, 0.717) is 5.92 Å². The molecule has 7 nitrogen and oxygen atoms in total. The molecule has 4 aromatic heterocycles. The molecule has 0 aliphatic carbocycles. The van der Waals surface area contributed by atoms with E-state index in [1.165, 1.54) is 11.4 Å². The summed E-state index contributed by atoms with van der Waals surface area (Å²) in [6.07, 6.45) is 10.7. The number of para-hydroxylation sites is 1. The van der Waals surface area contributed by atoms with Crippen molar-refractivity contribution in [1.82, 2.24) is 29.5 Å². The number of aromatic nitrogens is 6. The van der Waals surface area contributed by atoms with Crippen molar-refractivity contribution in [2.45, 2.75) is 32.1 Å². The maximum atomic E-state index is 5.09. The first-order valence-corrected chi connectivity index (χ1v) is 11.3. The van der Waals surface area contributed by atoms with E-state index in [1.54, 1.807) is 6.33 Å². The molecule has 1 saturated heterocycles. The van der Waals surface area contributed by atoms with E-state index in [4.69, 9.17) is 4.98 Å². The fourth-order valence-electron chi connectivity index (χ4n) is 4.76. The summed E-state index contributed by atoms with van der Waals surface area (Å²) in [6.45, 7) is 4.13. The van der Waals surface area contributed by atoms with Crippen molar-refractivity contribution in [1.29, 1.82) is 0 Å². The number of aryl methyl sites for hydroxylation is 1. The first kappa shape index (κ1) is 19.0. The van der Waals surface area contributed by atoms with Gasteiger partial charge in [-0.3, -0.25) is 4.98 Å². The SMILES string of the molecule is CCc1cc(N2CCC(c3cnc[nH]3)CC2)nc2c(-c3cnc4ccccc4c3)cnn12. The lowest BCUT2D eigenvalue weighted by molar-refractivity contribution is 0.495. The normalized spacial score (nSPS) is 15.1. The second-order valence-corrected chi connectivity index (χ2v) is 8.44. The monoisotopic (exact) mass is 423 g/mol. The number of imidazole rings is 1. The predicted molar refractivity (Wildman–Crippen MR) is 126 cm³/mol. The standard InChI is InChI=1S/C25H25N7/c1-2-20-12-24(31-9-7-17(8-10-31)23-15-26-16-28-23)30-25-21(14-29-32(20)25)19-11-18-5-3-4-6-22(18)27-13-19/h3-6,11-17H,2,7-10H2,1H3,(H,26,28). The van der Waals surface area contributed by atoms with Crippen LogP contribution in [0.25, 0.3) is 27.7 Å². The minimum absolute atomic E-state index is 0.539. The molecule has 160 valence electrons. The van der Waals surface area contributed by atoms with Crippen LogP contribution in [0, 0.1) is 0 Å². The van der Waals surface area contributed by atoms with Gasteiger partial charge in [-0.2, -0.15) is 5.10 Å². The van der Waals surface area contributed by atoms with Gasteiger partial charge in [-0.1, -0.05) is 25.1 Å². The highest BCUT2D eigenvalue weighted by atomic mass is 15.3. The lowest BCUT2D eigenvalue weighted by Crippen LogP contribution is -2.33. The third-order valence-electron chi connectivity index (χ3n) is 6.57. The van der Waals surface area contributed by atoms with Gasteiger partial charge in [0.05, 0.1) is 18.0 Å². The Bertz CT molecular complexity index is 1380. The minimum Gasteiger partial charge on any atom is -0.356 e. The molecule has 1 aromatic carbocycles. The molecule has 1 aliphatic rings. The van der Waals surface area contributed by atoms with Gasteiger partial charge < -0.3 is 9.88 Å². The van der Waals surface area contributed by atoms with Crippen LogP contribution in [0.3, 0.4) is 0 Å². The number of anilines is 1. The topological polar surface area (TPSA) is 75.0 Å². The van der Waals surface area contributed by atoms with Gasteiger partial charge in [-0.05, 0) is 31.4 Å². The first-order chi connectivity index (χ1) is 15.8. The first-order valence-electron chi connectivity index (χ1n) is 11.3. The molecule has 1 aliphatic heterocycles. The maximum absolute atomic E-state index is 5.09. The Balaban J connectivity index is 1.37. The highest BCUT2D eigenvalue weighted by Gasteiger charge is 2.24. The number of fused-ring (bicyclic) bond motifs is 2. The molecule has 5 heterocycles. The van der Waals surface area contributed by atoms with Crippen LogP contribution in [0.5, 0.6) is 0 Å². The van der Waals surface area contributed by atoms with Crippen LogP contribution >= 0.6 is 0 Å². The molecule has 0 spiro atoms. The van der Waals surface area contributed by atoms with Crippen molar-refractivity contribution in [3.63, 3.8) is 0 Å². The number of aromatic amines is 1.